The van der Waals surface area contributed by atoms with Crippen molar-refractivity contribution >= 4 is 32.9 Å². The SMILES string of the molecule is CC1(C)c2ccccc2-c2ccc(-c3c4ccc(N5CCCCC5)cc4c(-c4cc(-c5ccccc5)cc(-c5ccccc5)c4)c4ccc(N5CCCCC5)cc34)cc21. The van der Waals surface area contributed by atoms with Crippen LogP contribution in [0.4, 0.5) is 11.4 Å². The van der Waals surface area contributed by atoms with Gasteiger partial charge in [0, 0.05) is 43.0 Å². The molecule has 59 heavy (non-hydrogen) atoms. The van der Waals surface area contributed by atoms with Crippen LogP contribution in [0.5, 0.6) is 0 Å². The van der Waals surface area contributed by atoms with E-state index in [1.165, 1.54) is 138 Å². The van der Waals surface area contributed by atoms with Crippen molar-refractivity contribution in [2.75, 3.05) is 36.0 Å². The van der Waals surface area contributed by atoms with Gasteiger partial charge in [0.2, 0.25) is 0 Å². The summed E-state index contributed by atoms with van der Waals surface area (Å²) in [5.41, 5.74) is 18.4. The Morgan fingerprint density at radius 1 is 0.339 bits per heavy atom. The third kappa shape index (κ3) is 6.24. The van der Waals surface area contributed by atoms with Crippen molar-refractivity contribution in [1.29, 1.82) is 0 Å². The number of nitrogens with zero attached hydrogens (tertiary/aromatic N) is 2. The van der Waals surface area contributed by atoms with Gasteiger partial charge in [-0.15, -0.1) is 0 Å². The molecule has 0 spiro atoms. The van der Waals surface area contributed by atoms with Gasteiger partial charge < -0.3 is 9.80 Å². The van der Waals surface area contributed by atoms with E-state index in [9.17, 15) is 0 Å². The molecule has 0 saturated carbocycles. The lowest BCUT2D eigenvalue weighted by Crippen LogP contribution is -2.29. The Hall–Kier alpha value is -6.12. The minimum atomic E-state index is -0.0837. The van der Waals surface area contributed by atoms with Crippen molar-refractivity contribution < 1.29 is 0 Å². The van der Waals surface area contributed by atoms with Crippen molar-refractivity contribution in [2.45, 2.75) is 57.8 Å². The highest BCUT2D eigenvalue weighted by Gasteiger charge is 2.35. The molecule has 8 aromatic rings. The first-order valence-electron chi connectivity index (χ1n) is 22.1. The summed E-state index contributed by atoms with van der Waals surface area (Å²) >= 11 is 0. The number of anilines is 2. The standard InChI is InChI=1S/C57H52N2/c1-57(2)53-22-12-11-21-47(53)48-26-23-41(36-54(48)57)55-49-27-24-46(59-31-15-6-16-32-59)38-52(49)56(50-28-25-45(37-51(50)55)58-29-13-5-14-30-58)44-34-42(39-17-7-3-8-18-39)33-43(35-44)40-19-9-4-10-20-40/h3-4,7-12,17-28,33-38H,5-6,13-16,29-32H2,1-2H3. The number of hydrogen-bond acceptors (Lipinski definition) is 2. The molecule has 0 radical (unpaired) electrons. The number of piperidine rings is 2. The predicted octanol–water partition coefficient (Wildman–Crippen LogP) is 14.9. The van der Waals surface area contributed by atoms with Gasteiger partial charge in [0.1, 0.15) is 0 Å². The van der Waals surface area contributed by atoms with Crippen LogP contribution in [0, 0.1) is 0 Å². The molecule has 2 saturated heterocycles. The Bertz CT molecular complexity index is 2800. The van der Waals surface area contributed by atoms with Gasteiger partial charge in [-0.1, -0.05) is 123 Å². The fourth-order valence-corrected chi connectivity index (χ4v) is 10.8. The van der Waals surface area contributed by atoms with E-state index in [2.05, 4.69) is 181 Å². The third-order valence-corrected chi connectivity index (χ3v) is 13.8. The molecule has 0 atom stereocenters. The van der Waals surface area contributed by atoms with Crippen LogP contribution >= 0.6 is 0 Å². The molecule has 2 heterocycles. The molecule has 0 unspecified atom stereocenters. The zero-order valence-corrected chi connectivity index (χ0v) is 34.5. The minimum Gasteiger partial charge on any atom is -0.372 e. The second-order valence-electron chi connectivity index (χ2n) is 17.8. The minimum absolute atomic E-state index is 0.0837. The molecule has 11 rings (SSSR count). The zero-order chi connectivity index (χ0) is 39.5. The van der Waals surface area contributed by atoms with Gasteiger partial charge in [-0.2, -0.15) is 0 Å². The number of rotatable bonds is 6. The van der Waals surface area contributed by atoms with E-state index in [-0.39, 0.29) is 5.41 Å². The molecule has 0 aromatic heterocycles. The van der Waals surface area contributed by atoms with Crippen LogP contribution in [-0.4, -0.2) is 26.2 Å². The van der Waals surface area contributed by atoms with Gasteiger partial charge >= 0.3 is 0 Å². The van der Waals surface area contributed by atoms with E-state index in [0.29, 0.717) is 0 Å². The predicted molar refractivity (Wildman–Crippen MR) is 253 cm³/mol. The second-order valence-corrected chi connectivity index (χ2v) is 17.8. The highest BCUT2D eigenvalue weighted by molar-refractivity contribution is 6.23. The van der Waals surface area contributed by atoms with Gasteiger partial charge in [-0.05, 0) is 175 Å². The van der Waals surface area contributed by atoms with E-state index < -0.39 is 0 Å². The quantitative estimate of drug-likeness (QED) is 0.156. The first-order chi connectivity index (χ1) is 29.0. The van der Waals surface area contributed by atoms with Crippen molar-refractivity contribution in [2.24, 2.45) is 0 Å². The largest absolute Gasteiger partial charge is 0.372 e. The Morgan fingerprint density at radius 2 is 0.814 bits per heavy atom. The van der Waals surface area contributed by atoms with Crippen molar-refractivity contribution in [1.82, 2.24) is 0 Å². The van der Waals surface area contributed by atoms with Crippen LogP contribution in [0.3, 0.4) is 0 Å². The first kappa shape index (κ1) is 36.0. The van der Waals surface area contributed by atoms with E-state index in [1.54, 1.807) is 0 Å². The number of fused-ring (bicyclic) bond motifs is 5. The first-order valence-corrected chi connectivity index (χ1v) is 22.1. The van der Waals surface area contributed by atoms with Crippen LogP contribution in [0.1, 0.15) is 63.5 Å². The summed E-state index contributed by atoms with van der Waals surface area (Å²) in [6.45, 7) is 9.27. The monoisotopic (exact) mass is 764 g/mol. The van der Waals surface area contributed by atoms with E-state index in [4.69, 9.17) is 0 Å². The molecule has 0 bridgehead atoms. The Kier molecular flexibility index (Phi) is 8.91. The van der Waals surface area contributed by atoms with Gasteiger partial charge in [-0.3, -0.25) is 0 Å². The fraction of sp³-hybridized carbons (Fsp3) is 0.228. The normalized spacial score (nSPS) is 16.0. The lowest BCUT2D eigenvalue weighted by Gasteiger charge is -2.31. The maximum atomic E-state index is 2.63. The Labute approximate surface area is 349 Å². The summed E-state index contributed by atoms with van der Waals surface area (Å²) in [5.74, 6) is 0. The molecule has 2 heteroatoms. The van der Waals surface area contributed by atoms with Crippen LogP contribution < -0.4 is 9.80 Å². The molecular weight excluding hydrogens is 713 g/mol. The van der Waals surface area contributed by atoms with Gasteiger partial charge in [0.15, 0.2) is 0 Å². The maximum Gasteiger partial charge on any atom is 0.0372 e. The molecule has 0 amide bonds. The van der Waals surface area contributed by atoms with Crippen LogP contribution in [-0.2, 0) is 5.41 Å². The van der Waals surface area contributed by atoms with Crippen molar-refractivity contribution in [3.05, 3.63) is 169 Å². The lowest BCUT2D eigenvalue weighted by molar-refractivity contribution is 0.578. The number of hydrogen-bond donors (Lipinski definition) is 0. The Balaban J connectivity index is 1.23. The molecule has 3 aliphatic rings. The number of benzene rings is 8. The molecule has 2 fully saturated rings. The van der Waals surface area contributed by atoms with Crippen LogP contribution in [0.25, 0.3) is 77.2 Å². The average molecular weight is 765 g/mol. The Morgan fingerprint density at radius 3 is 1.37 bits per heavy atom. The van der Waals surface area contributed by atoms with E-state index in [1.807, 2.05) is 0 Å². The third-order valence-electron chi connectivity index (χ3n) is 13.8. The van der Waals surface area contributed by atoms with Crippen LogP contribution in [0.15, 0.2) is 158 Å². The summed E-state index contributed by atoms with van der Waals surface area (Å²) in [5, 5.41) is 5.30. The highest BCUT2D eigenvalue weighted by atomic mass is 15.1. The van der Waals surface area contributed by atoms with Crippen LogP contribution in [0.2, 0.25) is 0 Å². The highest BCUT2D eigenvalue weighted by Crippen LogP contribution is 2.52. The lowest BCUT2D eigenvalue weighted by atomic mass is 9.80. The van der Waals surface area contributed by atoms with Crippen molar-refractivity contribution in [3.63, 3.8) is 0 Å². The molecule has 290 valence electrons. The van der Waals surface area contributed by atoms with Gasteiger partial charge in [-0.25, -0.2) is 0 Å². The molecule has 2 aliphatic heterocycles. The van der Waals surface area contributed by atoms with Crippen molar-refractivity contribution in [3.8, 4) is 55.6 Å². The molecule has 0 N–H and O–H groups in total. The topological polar surface area (TPSA) is 6.48 Å². The summed E-state index contributed by atoms with van der Waals surface area (Å²) in [4.78, 5) is 5.25. The second kappa shape index (κ2) is 14.6. The maximum absolute atomic E-state index is 2.63. The fourth-order valence-electron chi connectivity index (χ4n) is 10.8. The molecular formula is C57H52N2. The summed E-state index contributed by atoms with van der Waals surface area (Å²) in [6.07, 6.45) is 7.64. The van der Waals surface area contributed by atoms with E-state index >= 15 is 0 Å². The average Bonchev–Trinajstić information content (AvgIpc) is 3.53. The smallest absolute Gasteiger partial charge is 0.0372 e. The zero-order valence-electron chi connectivity index (χ0n) is 34.5. The summed E-state index contributed by atoms with van der Waals surface area (Å²) < 4.78 is 0. The molecule has 8 aromatic carbocycles. The summed E-state index contributed by atoms with van der Waals surface area (Å²) in [6, 6.07) is 60.4. The summed E-state index contributed by atoms with van der Waals surface area (Å²) in [7, 11) is 0. The van der Waals surface area contributed by atoms with E-state index in [0.717, 1.165) is 26.2 Å². The van der Waals surface area contributed by atoms with Gasteiger partial charge in [0.05, 0.1) is 0 Å². The van der Waals surface area contributed by atoms with Gasteiger partial charge in [0.25, 0.3) is 0 Å². The molecule has 1 aliphatic carbocycles. The molecule has 2 nitrogen and oxygen atoms in total.